The Hall–Kier alpha value is -1.88. The van der Waals surface area contributed by atoms with Crippen LogP contribution in [0.3, 0.4) is 0 Å². The summed E-state index contributed by atoms with van der Waals surface area (Å²) in [6.45, 7) is 5.62. The van der Waals surface area contributed by atoms with Crippen molar-refractivity contribution in [2.75, 3.05) is 11.4 Å². The van der Waals surface area contributed by atoms with Crippen LogP contribution in [0.15, 0.2) is 24.5 Å². The number of halogens is 1. The minimum Gasteiger partial charge on any atom is -0.317 e. The topological polar surface area (TPSA) is 51.0 Å². The van der Waals surface area contributed by atoms with E-state index in [9.17, 15) is 4.79 Å². The van der Waals surface area contributed by atoms with E-state index in [4.69, 9.17) is 11.6 Å². The quantitative estimate of drug-likeness (QED) is 0.808. The molecule has 120 valence electrons. The summed E-state index contributed by atoms with van der Waals surface area (Å²) < 4.78 is 1.99. The summed E-state index contributed by atoms with van der Waals surface area (Å²) in [5, 5.41) is 8.77. The largest absolute Gasteiger partial charge is 0.317 e. The molecule has 0 spiro atoms. The van der Waals surface area contributed by atoms with Crippen molar-refractivity contribution >= 4 is 23.2 Å². The van der Waals surface area contributed by atoms with E-state index in [0.29, 0.717) is 13.1 Å². The standard InChI is InChI=1S/C17H19ClN4O/c1-17(2)9-22(13-5-3-4-12(18)15(13)17)16(23)11-6-7-14-20-19-10-21(14)8-11/h3-5,10-11H,6-9H2,1-2H3. The predicted molar refractivity (Wildman–Crippen MR) is 88.7 cm³/mol. The highest BCUT2D eigenvalue weighted by Gasteiger charge is 2.41. The van der Waals surface area contributed by atoms with Crippen molar-refractivity contribution < 1.29 is 4.79 Å². The zero-order valence-corrected chi connectivity index (χ0v) is 14.0. The second kappa shape index (κ2) is 5.06. The third-order valence-electron chi connectivity index (χ3n) is 4.96. The fraction of sp³-hybridized carbons (Fsp3) is 0.471. The number of amides is 1. The molecule has 0 saturated carbocycles. The number of hydrogen-bond donors (Lipinski definition) is 0. The summed E-state index contributed by atoms with van der Waals surface area (Å²) in [6, 6.07) is 5.82. The van der Waals surface area contributed by atoms with Gasteiger partial charge in [-0.15, -0.1) is 10.2 Å². The molecular formula is C17H19ClN4O. The fourth-order valence-corrected chi connectivity index (χ4v) is 4.27. The van der Waals surface area contributed by atoms with Crippen LogP contribution >= 0.6 is 11.6 Å². The molecule has 0 bridgehead atoms. The van der Waals surface area contributed by atoms with Crippen LogP contribution in [0.25, 0.3) is 0 Å². The Kier molecular flexibility index (Phi) is 3.23. The van der Waals surface area contributed by atoms with Gasteiger partial charge in [0.1, 0.15) is 12.2 Å². The van der Waals surface area contributed by atoms with Crippen molar-refractivity contribution in [3.05, 3.63) is 40.9 Å². The van der Waals surface area contributed by atoms with Crippen molar-refractivity contribution in [1.82, 2.24) is 14.8 Å². The van der Waals surface area contributed by atoms with Crippen molar-refractivity contribution in [2.45, 2.75) is 38.6 Å². The van der Waals surface area contributed by atoms with Gasteiger partial charge in [0.25, 0.3) is 0 Å². The highest BCUT2D eigenvalue weighted by Crippen LogP contribution is 2.45. The molecule has 2 aromatic rings. The van der Waals surface area contributed by atoms with Gasteiger partial charge in [0.2, 0.25) is 5.91 Å². The van der Waals surface area contributed by atoms with Gasteiger partial charge in [0.05, 0.1) is 5.92 Å². The second-order valence-electron chi connectivity index (χ2n) is 7.08. The molecular weight excluding hydrogens is 312 g/mol. The molecule has 23 heavy (non-hydrogen) atoms. The molecule has 1 aromatic carbocycles. The summed E-state index contributed by atoms with van der Waals surface area (Å²) in [5.41, 5.74) is 1.91. The third kappa shape index (κ3) is 2.26. The van der Waals surface area contributed by atoms with Gasteiger partial charge in [-0.05, 0) is 18.6 Å². The average molecular weight is 331 g/mol. The molecule has 0 saturated heterocycles. The molecule has 0 N–H and O–H groups in total. The molecule has 5 nitrogen and oxygen atoms in total. The number of aryl methyl sites for hydroxylation is 1. The van der Waals surface area contributed by atoms with E-state index >= 15 is 0 Å². The Morgan fingerprint density at radius 2 is 2.22 bits per heavy atom. The van der Waals surface area contributed by atoms with Gasteiger partial charge in [-0.1, -0.05) is 31.5 Å². The average Bonchev–Trinajstić information content (AvgIpc) is 3.08. The number of carbonyl (C=O) groups excluding carboxylic acids is 1. The van der Waals surface area contributed by atoms with Crippen LogP contribution in [-0.4, -0.2) is 27.2 Å². The lowest BCUT2D eigenvalue weighted by Gasteiger charge is -2.28. The summed E-state index contributed by atoms with van der Waals surface area (Å²) in [7, 11) is 0. The molecule has 1 amide bonds. The van der Waals surface area contributed by atoms with Gasteiger partial charge >= 0.3 is 0 Å². The first-order valence-corrected chi connectivity index (χ1v) is 8.32. The maximum atomic E-state index is 13.1. The van der Waals surface area contributed by atoms with E-state index in [1.54, 1.807) is 6.33 Å². The van der Waals surface area contributed by atoms with Gasteiger partial charge in [0.15, 0.2) is 0 Å². The maximum Gasteiger partial charge on any atom is 0.231 e. The molecule has 2 aliphatic rings. The van der Waals surface area contributed by atoms with Crippen molar-refractivity contribution in [3.63, 3.8) is 0 Å². The first-order chi connectivity index (χ1) is 11.0. The van der Waals surface area contributed by atoms with Gasteiger partial charge in [-0.3, -0.25) is 4.79 Å². The van der Waals surface area contributed by atoms with Gasteiger partial charge < -0.3 is 9.47 Å². The normalized spacial score (nSPS) is 21.9. The van der Waals surface area contributed by atoms with E-state index in [-0.39, 0.29) is 17.2 Å². The molecule has 1 unspecified atom stereocenters. The molecule has 4 rings (SSSR count). The number of benzene rings is 1. The molecule has 2 aliphatic heterocycles. The molecule has 1 aromatic heterocycles. The fourth-order valence-electron chi connectivity index (χ4n) is 3.84. The van der Waals surface area contributed by atoms with E-state index in [0.717, 1.165) is 34.9 Å². The van der Waals surface area contributed by atoms with Crippen LogP contribution in [0.5, 0.6) is 0 Å². The van der Waals surface area contributed by atoms with Crippen molar-refractivity contribution in [2.24, 2.45) is 5.92 Å². The lowest BCUT2D eigenvalue weighted by atomic mass is 9.87. The smallest absolute Gasteiger partial charge is 0.231 e. The number of anilines is 1. The Morgan fingerprint density at radius 3 is 3.04 bits per heavy atom. The Labute approximate surface area is 140 Å². The SMILES string of the molecule is CC1(C)CN(C(=O)C2CCc3nncn3C2)c2cccc(Cl)c21. The monoisotopic (exact) mass is 330 g/mol. The highest BCUT2D eigenvalue weighted by atomic mass is 35.5. The number of rotatable bonds is 1. The summed E-state index contributed by atoms with van der Waals surface area (Å²) in [5.74, 6) is 1.12. The first-order valence-electron chi connectivity index (χ1n) is 7.94. The summed E-state index contributed by atoms with van der Waals surface area (Å²) in [6.07, 6.45) is 3.34. The van der Waals surface area contributed by atoms with Crippen LogP contribution < -0.4 is 4.90 Å². The number of hydrogen-bond acceptors (Lipinski definition) is 3. The highest BCUT2D eigenvalue weighted by molar-refractivity contribution is 6.32. The zero-order valence-electron chi connectivity index (χ0n) is 13.3. The number of nitrogens with zero attached hydrogens (tertiary/aromatic N) is 4. The zero-order chi connectivity index (χ0) is 16.2. The Morgan fingerprint density at radius 1 is 1.39 bits per heavy atom. The van der Waals surface area contributed by atoms with Gasteiger partial charge in [-0.2, -0.15) is 0 Å². The van der Waals surface area contributed by atoms with Crippen LogP contribution in [0.2, 0.25) is 5.02 Å². The van der Waals surface area contributed by atoms with Crippen LogP contribution in [-0.2, 0) is 23.2 Å². The van der Waals surface area contributed by atoms with Gasteiger partial charge in [0, 0.05) is 41.2 Å². The Bertz CT molecular complexity index is 783. The van der Waals surface area contributed by atoms with E-state index in [1.165, 1.54) is 0 Å². The number of carbonyl (C=O) groups is 1. The molecule has 3 heterocycles. The second-order valence-corrected chi connectivity index (χ2v) is 7.48. The third-order valence-corrected chi connectivity index (χ3v) is 5.27. The number of fused-ring (bicyclic) bond motifs is 2. The summed E-state index contributed by atoms with van der Waals surface area (Å²) >= 11 is 6.40. The van der Waals surface area contributed by atoms with E-state index in [1.807, 2.05) is 27.7 Å². The maximum absolute atomic E-state index is 13.1. The van der Waals surface area contributed by atoms with Gasteiger partial charge in [-0.25, -0.2) is 0 Å². The van der Waals surface area contributed by atoms with E-state index < -0.39 is 0 Å². The van der Waals surface area contributed by atoms with Crippen molar-refractivity contribution in [1.29, 1.82) is 0 Å². The minimum atomic E-state index is -0.125. The molecule has 1 atom stereocenters. The molecule has 0 radical (unpaired) electrons. The van der Waals surface area contributed by atoms with Crippen LogP contribution in [0.1, 0.15) is 31.7 Å². The van der Waals surface area contributed by atoms with Crippen LogP contribution in [0.4, 0.5) is 5.69 Å². The lowest BCUT2D eigenvalue weighted by molar-refractivity contribution is -0.123. The van der Waals surface area contributed by atoms with E-state index in [2.05, 4.69) is 24.0 Å². The lowest BCUT2D eigenvalue weighted by Crippen LogP contribution is -2.41. The minimum absolute atomic E-state index is 0.0285. The predicted octanol–water partition coefficient (Wildman–Crippen LogP) is 2.82. The molecule has 6 heteroatoms. The van der Waals surface area contributed by atoms with Crippen molar-refractivity contribution in [3.8, 4) is 0 Å². The number of aromatic nitrogens is 3. The molecule has 0 fully saturated rings. The molecule has 0 aliphatic carbocycles. The summed E-state index contributed by atoms with van der Waals surface area (Å²) in [4.78, 5) is 15.0. The Balaban J connectivity index is 1.65. The first kappa shape index (κ1) is 14.7. The van der Waals surface area contributed by atoms with Crippen LogP contribution in [0, 0.1) is 5.92 Å².